The van der Waals surface area contributed by atoms with Gasteiger partial charge in [-0.25, -0.2) is 0 Å². The van der Waals surface area contributed by atoms with Crippen LogP contribution in [0.4, 0.5) is 5.69 Å². The Balaban J connectivity index is 1.75. The lowest BCUT2D eigenvalue weighted by atomic mass is 10.1. The van der Waals surface area contributed by atoms with E-state index in [-0.39, 0.29) is 11.4 Å². The molecule has 3 rings (SSSR count). The molecule has 1 amide bonds. The smallest absolute Gasteiger partial charge is 0.260 e. The highest BCUT2D eigenvalue weighted by Gasteiger charge is 2.27. The molecular formula is C21H23BrN2O3S. The molecule has 7 heteroatoms. The minimum Gasteiger partial charge on any atom is -0.493 e. The van der Waals surface area contributed by atoms with Crippen molar-refractivity contribution in [3.63, 3.8) is 0 Å². The van der Waals surface area contributed by atoms with Crippen LogP contribution < -0.4 is 20.1 Å². The lowest BCUT2D eigenvalue weighted by molar-refractivity contribution is -0.116. The topological polar surface area (TPSA) is 59.6 Å². The lowest BCUT2D eigenvalue weighted by Gasteiger charge is -2.13. The Labute approximate surface area is 178 Å². The molecule has 1 unspecified atom stereocenters. The number of methoxy groups -OCH3 is 1. The minimum atomic E-state index is -0.209. The molecule has 1 aliphatic rings. The summed E-state index contributed by atoms with van der Waals surface area (Å²) in [6.07, 6.45) is 2.86. The summed E-state index contributed by atoms with van der Waals surface area (Å²) in [5.74, 6) is 1.18. The Morgan fingerprint density at radius 1 is 1.25 bits per heavy atom. The van der Waals surface area contributed by atoms with E-state index < -0.39 is 0 Å². The average Bonchev–Trinajstić information content (AvgIpc) is 3.03. The molecular weight excluding hydrogens is 440 g/mol. The SMILES string of the molecule is CCOc1c(Br)cc(/C=C2\SC(Nc3ccc(CC)cc3)NC2=O)cc1OC. The largest absolute Gasteiger partial charge is 0.493 e. The number of hydrogen-bond acceptors (Lipinski definition) is 5. The van der Waals surface area contributed by atoms with Crippen LogP contribution in [0.2, 0.25) is 0 Å². The first-order valence-corrected chi connectivity index (χ1v) is 10.8. The summed E-state index contributed by atoms with van der Waals surface area (Å²) in [7, 11) is 1.60. The molecule has 1 heterocycles. The summed E-state index contributed by atoms with van der Waals surface area (Å²) >= 11 is 4.97. The van der Waals surface area contributed by atoms with E-state index in [0.29, 0.717) is 23.0 Å². The summed E-state index contributed by atoms with van der Waals surface area (Å²) in [5.41, 5.74) is 2.91. The lowest BCUT2D eigenvalue weighted by Crippen LogP contribution is -2.30. The molecule has 1 saturated heterocycles. The van der Waals surface area contributed by atoms with Crippen molar-refractivity contribution < 1.29 is 14.3 Å². The van der Waals surface area contributed by atoms with Crippen LogP contribution in [0.25, 0.3) is 6.08 Å². The van der Waals surface area contributed by atoms with Gasteiger partial charge in [-0.15, -0.1) is 0 Å². The fourth-order valence-corrected chi connectivity index (χ4v) is 4.37. The van der Waals surface area contributed by atoms with Crippen LogP contribution in [0.5, 0.6) is 11.5 Å². The Bertz CT molecular complexity index is 884. The summed E-state index contributed by atoms with van der Waals surface area (Å²) in [5, 5.41) is 6.29. The molecule has 28 heavy (non-hydrogen) atoms. The summed E-state index contributed by atoms with van der Waals surface area (Å²) in [6, 6.07) is 12.0. The van der Waals surface area contributed by atoms with Crippen LogP contribution in [0.1, 0.15) is 25.0 Å². The number of thioether (sulfide) groups is 1. The van der Waals surface area contributed by atoms with Crippen LogP contribution >= 0.6 is 27.7 Å². The number of carbonyl (C=O) groups is 1. The standard InChI is InChI=1S/C21H23BrN2O3S/c1-4-13-6-8-15(9-7-13)23-21-24-20(25)18(28-21)12-14-10-16(22)19(27-5-2)17(11-14)26-3/h6-12,21,23H,4-5H2,1-3H3,(H,24,25)/b18-12-. The third-order valence-corrected chi connectivity index (χ3v) is 5.85. The number of anilines is 1. The maximum atomic E-state index is 12.4. The summed E-state index contributed by atoms with van der Waals surface area (Å²) < 4.78 is 11.8. The second kappa shape index (κ2) is 9.39. The molecule has 0 saturated carbocycles. The van der Waals surface area contributed by atoms with Crippen molar-refractivity contribution in [3.05, 3.63) is 56.9 Å². The molecule has 2 aromatic carbocycles. The van der Waals surface area contributed by atoms with Crippen LogP contribution in [0.3, 0.4) is 0 Å². The Hall–Kier alpha value is -2.12. The number of hydrogen-bond donors (Lipinski definition) is 2. The Kier molecular flexibility index (Phi) is 6.91. The predicted octanol–water partition coefficient (Wildman–Crippen LogP) is 5.02. The second-order valence-corrected chi connectivity index (χ2v) is 8.14. The number of rotatable bonds is 7. The van der Waals surface area contributed by atoms with Gasteiger partial charge in [-0.05, 0) is 70.7 Å². The van der Waals surface area contributed by atoms with Crippen molar-refractivity contribution in [2.75, 3.05) is 19.0 Å². The molecule has 0 radical (unpaired) electrons. The predicted molar refractivity (Wildman–Crippen MR) is 119 cm³/mol. The fourth-order valence-electron chi connectivity index (χ4n) is 2.81. The number of amides is 1. The van der Waals surface area contributed by atoms with E-state index in [0.717, 1.165) is 22.1 Å². The normalized spacial score (nSPS) is 17.5. The van der Waals surface area contributed by atoms with Gasteiger partial charge >= 0.3 is 0 Å². The van der Waals surface area contributed by atoms with Gasteiger partial charge in [0.15, 0.2) is 17.0 Å². The second-order valence-electron chi connectivity index (χ2n) is 6.14. The van der Waals surface area contributed by atoms with Gasteiger partial charge < -0.3 is 20.1 Å². The highest BCUT2D eigenvalue weighted by Crippen LogP contribution is 2.38. The Morgan fingerprint density at radius 3 is 2.64 bits per heavy atom. The maximum Gasteiger partial charge on any atom is 0.260 e. The van der Waals surface area contributed by atoms with E-state index >= 15 is 0 Å². The zero-order valence-corrected chi connectivity index (χ0v) is 18.4. The molecule has 5 nitrogen and oxygen atoms in total. The van der Waals surface area contributed by atoms with Gasteiger partial charge in [-0.2, -0.15) is 0 Å². The maximum absolute atomic E-state index is 12.4. The summed E-state index contributed by atoms with van der Waals surface area (Å²) in [6.45, 7) is 4.59. The van der Waals surface area contributed by atoms with Crippen LogP contribution in [0, 0.1) is 0 Å². The molecule has 0 bridgehead atoms. The highest BCUT2D eigenvalue weighted by atomic mass is 79.9. The van der Waals surface area contributed by atoms with Crippen molar-refractivity contribution in [1.82, 2.24) is 5.32 Å². The average molecular weight is 463 g/mol. The number of halogens is 1. The minimum absolute atomic E-state index is 0.100. The first-order valence-electron chi connectivity index (χ1n) is 9.09. The van der Waals surface area contributed by atoms with Gasteiger partial charge in [0.2, 0.25) is 0 Å². The molecule has 0 aliphatic carbocycles. The fraction of sp³-hybridized carbons (Fsp3) is 0.286. The molecule has 1 atom stereocenters. The molecule has 2 aromatic rings. The van der Waals surface area contributed by atoms with Gasteiger partial charge in [0, 0.05) is 5.69 Å². The molecule has 148 valence electrons. The van der Waals surface area contributed by atoms with E-state index in [9.17, 15) is 4.79 Å². The Morgan fingerprint density at radius 2 is 2.00 bits per heavy atom. The van der Waals surface area contributed by atoms with Crippen molar-refractivity contribution in [3.8, 4) is 11.5 Å². The van der Waals surface area contributed by atoms with Gasteiger partial charge in [0.25, 0.3) is 5.91 Å². The zero-order valence-electron chi connectivity index (χ0n) is 16.0. The van der Waals surface area contributed by atoms with Crippen molar-refractivity contribution in [1.29, 1.82) is 0 Å². The van der Waals surface area contributed by atoms with Gasteiger partial charge in [-0.1, -0.05) is 30.8 Å². The van der Waals surface area contributed by atoms with E-state index in [1.807, 2.05) is 37.3 Å². The van der Waals surface area contributed by atoms with E-state index in [1.54, 1.807) is 7.11 Å². The summed E-state index contributed by atoms with van der Waals surface area (Å²) in [4.78, 5) is 13.0. The van der Waals surface area contributed by atoms with Crippen LogP contribution in [-0.2, 0) is 11.2 Å². The van der Waals surface area contributed by atoms with Crippen molar-refractivity contribution >= 4 is 45.4 Å². The number of nitrogens with one attached hydrogen (secondary N) is 2. The molecule has 2 N–H and O–H groups in total. The monoisotopic (exact) mass is 462 g/mol. The van der Waals surface area contributed by atoms with Crippen LogP contribution in [-0.4, -0.2) is 25.1 Å². The first-order chi connectivity index (χ1) is 13.5. The zero-order chi connectivity index (χ0) is 20.1. The number of ether oxygens (including phenoxy) is 2. The van der Waals surface area contributed by atoms with Crippen LogP contribution in [0.15, 0.2) is 45.8 Å². The molecule has 1 aliphatic heterocycles. The first kappa shape index (κ1) is 20.6. The quantitative estimate of drug-likeness (QED) is 0.565. The third-order valence-electron chi connectivity index (χ3n) is 4.23. The van der Waals surface area contributed by atoms with E-state index in [4.69, 9.17) is 9.47 Å². The van der Waals surface area contributed by atoms with Gasteiger partial charge in [-0.3, -0.25) is 4.79 Å². The van der Waals surface area contributed by atoms with E-state index in [1.165, 1.54) is 17.3 Å². The van der Waals surface area contributed by atoms with Crippen molar-refractivity contribution in [2.45, 2.75) is 25.8 Å². The number of carbonyl (C=O) groups excluding carboxylic acids is 1. The molecule has 0 aromatic heterocycles. The van der Waals surface area contributed by atoms with Gasteiger partial charge in [0.05, 0.1) is 23.1 Å². The number of aryl methyl sites for hydroxylation is 1. The molecule has 0 spiro atoms. The van der Waals surface area contributed by atoms with Crippen molar-refractivity contribution in [2.24, 2.45) is 0 Å². The molecule has 1 fully saturated rings. The highest BCUT2D eigenvalue weighted by molar-refractivity contribution is 9.10. The number of benzene rings is 2. The van der Waals surface area contributed by atoms with E-state index in [2.05, 4.69) is 45.6 Å². The van der Waals surface area contributed by atoms with Gasteiger partial charge in [0.1, 0.15) is 0 Å². The third kappa shape index (κ3) is 4.83.